The van der Waals surface area contributed by atoms with Gasteiger partial charge in [0, 0.05) is 0 Å². The van der Waals surface area contributed by atoms with Crippen molar-refractivity contribution < 1.29 is 14.6 Å². The lowest BCUT2D eigenvalue weighted by atomic mass is 9.85. The first-order chi connectivity index (χ1) is 8.79. The lowest BCUT2D eigenvalue weighted by Crippen LogP contribution is -2.26. The fourth-order valence-corrected chi connectivity index (χ4v) is 2.68. The molecule has 19 heavy (non-hydrogen) atoms. The standard InChI is InChI=1S/C15H19BrO3/c1-9-6-10(8-15(2,3)14(17)18)13(12(16)7-9)19-11-4-5-11/h6-7,11H,4-5,8H2,1-3H3,(H,17,18). The maximum absolute atomic E-state index is 11.3. The second-order valence-electron chi connectivity index (χ2n) is 5.92. The highest BCUT2D eigenvalue weighted by Gasteiger charge is 2.31. The summed E-state index contributed by atoms with van der Waals surface area (Å²) in [5.74, 6) is 0.0184. The number of hydrogen-bond donors (Lipinski definition) is 1. The van der Waals surface area contributed by atoms with Gasteiger partial charge in [0.05, 0.1) is 16.0 Å². The highest BCUT2D eigenvalue weighted by atomic mass is 79.9. The van der Waals surface area contributed by atoms with Crippen LogP contribution in [0.3, 0.4) is 0 Å². The Morgan fingerprint density at radius 2 is 2.11 bits per heavy atom. The molecule has 0 heterocycles. The van der Waals surface area contributed by atoms with E-state index in [-0.39, 0.29) is 0 Å². The Hall–Kier alpha value is -1.03. The molecule has 2 rings (SSSR count). The zero-order chi connectivity index (χ0) is 14.2. The minimum absolute atomic E-state index is 0.297. The molecule has 1 aromatic rings. The van der Waals surface area contributed by atoms with Crippen LogP contribution < -0.4 is 4.74 Å². The third-order valence-electron chi connectivity index (χ3n) is 3.29. The number of carboxylic acids is 1. The fourth-order valence-electron chi connectivity index (χ4n) is 1.97. The molecule has 1 fully saturated rings. The number of carboxylic acid groups (broad SMARTS) is 1. The summed E-state index contributed by atoms with van der Waals surface area (Å²) < 4.78 is 6.84. The van der Waals surface area contributed by atoms with E-state index in [2.05, 4.69) is 15.9 Å². The zero-order valence-electron chi connectivity index (χ0n) is 11.5. The second kappa shape index (κ2) is 5.16. The maximum Gasteiger partial charge on any atom is 0.309 e. The van der Waals surface area contributed by atoms with Gasteiger partial charge in [-0.1, -0.05) is 6.07 Å². The van der Waals surface area contributed by atoms with Gasteiger partial charge in [-0.25, -0.2) is 0 Å². The first kappa shape index (κ1) is 14.4. The summed E-state index contributed by atoms with van der Waals surface area (Å²) >= 11 is 3.53. The van der Waals surface area contributed by atoms with E-state index in [1.54, 1.807) is 13.8 Å². The predicted molar refractivity (Wildman–Crippen MR) is 77.6 cm³/mol. The Morgan fingerprint density at radius 3 is 2.63 bits per heavy atom. The largest absolute Gasteiger partial charge is 0.489 e. The Bertz CT molecular complexity index is 504. The van der Waals surface area contributed by atoms with Crippen molar-refractivity contribution in [3.8, 4) is 5.75 Å². The molecule has 3 nitrogen and oxygen atoms in total. The quantitative estimate of drug-likeness (QED) is 0.891. The molecule has 0 radical (unpaired) electrons. The van der Waals surface area contributed by atoms with E-state index < -0.39 is 11.4 Å². The molecular formula is C15H19BrO3. The van der Waals surface area contributed by atoms with Gasteiger partial charge in [-0.05, 0) is 73.2 Å². The molecule has 0 saturated heterocycles. The Balaban J connectivity index is 2.33. The van der Waals surface area contributed by atoms with E-state index in [1.807, 2.05) is 19.1 Å². The van der Waals surface area contributed by atoms with Crippen LogP contribution in [0.15, 0.2) is 16.6 Å². The van der Waals surface area contributed by atoms with Crippen LogP contribution in [0.5, 0.6) is 5.75 Å². The van der Waals surface area contributed by atoms with Gasteiger partial charge in [-0.15, -0.1) is 0 Å². The molecule has 1 aliphatic rings. The van der Waals surface area contributed by atoms with Gasteiger partial charge in [0.25, 0.3) is 0 Å². The van der Waals surface area contributed by atoms with Gasteiger partial charge in [0.2, 0.25) is 0 Å². The molecule has 1 aromatic carbocycles. The Morgan fingerprint density at radius 1 is 1.47 bits per heavy atom. The molecule has 0 bridgehead atoms. The number of halogens is 1. The lowest BCUT2D eigenvalue weighted by molar-refractivity contribution is -0.146. The van der Waals surface area contributed by atoms with Crippen LogP contribution >= 0.6 is 15.9 Å². The molecule has 1 aliphatic carbocycles. The molecule has 104 valence electrons. The van der Waals surface area contributed by atoms with Gasteiger partial charge >= 0.3 is 5.97 Å². The van der Waals surface area contributed by atoms with Crippen molar-refractivity contribution >= 4 is 21.9 Å². The van der Waals surface area contributed by atoms with Crippen molar-refractivity contribution in [3.05, 3.63) is 27.7 Å². The minimum atomic E-state index is -0.797. The van der Waals surface area contributed by atoms with Gasteiger partial charge in [0.1, 0.15) is 5.75 Å². The average molecular weight is 327 g/mol. The SMILES string of the molecule is Cc1cc(Br)c(OC2CC2)c(CC(C)(C)C(=O)O)c1. The smallest absolute Gasteiger partial charge is 0.309 e. The van der Waals surface area contributed by atoms with Crippen LogP contribution in [0.1, 0.15) is 37.8 Å². The highest BCUT2D eigenvalue weighted by molar-refractivity contribution is 9.10. The van der Waals surface area contributed by atoms with Gasteiger partial charge < -0.3 is 9.84 Å². The zero-order valence-corrected chi connectivity index (χ0v) is 13.1. The van der Waals surface area contributed by atoms with E-state index in [0.717, 1.165) is 34.2 Å². The molecule has 0 unspecified atom stereocenters. The van der Waals surface area contributed by atoms with Crippen molar-refractivity contribution in [3.63, 3.8) is 0 Å². The molecular weight excluding hydrogens is 308 g/mol. The first-order valence-corrected chi connectivity index (χ1v) is 7.28. The summed E-state index contributed by atoms with van der Waals surface area (Å²) in [6.07, 6.45) is 2.93. The Kier molecular flexibility index (Phi) is 3.90. The van der Waals surface area contributed by atoms with Crippen molar-refractivity contribution in [2.45, 2.75) is 46.1 Å². The highest BCUT2D eigenvalue weighted by Crippen LogP contribution is 2.38. The van der Waals surface area contributed by atoms with Crippen LogP contribution in [0.2, 0.25) is 0 Å². The van der Waals surface area contributed by atoms with Crippen LogP contribution in [-0.2, 0) is 11.2 Å². The van der Waals surface area contributed by atoms with Crippen LogP contribution in [0.25, 0.3) is 0 Å². The maximum atomic E-state index is 11.3. The molecule has 0 atom stereocenters. The van der Waals surface area contributed by atoms with Crippen LogP contribution in [-0.4, -0.2) is 17.2 Å². The molecule has 0 aliphatic heterocycles. The molecule has 1 N–H and O–H groups in total. The van der Waals surface area contributed by atoms with Crippen LogP contribution in [0.4, 0.5) is 0 Å². The van der Waals surface area contributed by atoms with Crippen molar-refractivity contribution in [2.24, 2.45) is 5.41 Å². The third kappa shape index (κ3) is 3.50. The van der Waals surface area contributed by atoms with Gasteiger partial charge in [0.15, 0.2) is 0 Å². The summed E-state index contributed by atoms with van der Waals surface area (Å²) in [5, 5.41) is 9.27. The molecule has 0 aromatic heterocycles. The van der Waals surface area contributed by atoms with E-state index in [4.69, 9.17) is 4.74 Å². The summed E-state index contributed by atoms with van der Waals surface area (Å²) in [5.41, 5.74) is 1.27. The number of carbonyl (C=O) groups is 1. The number of aryl methyl sites for hydroxylation is 1. The summed E-state index contributed by atoms with van der Waals surface area (Å²) in [7, 11) is 0. The average Bonchev–Trinajstić information content (AvgIpc) is 3.06. The molecule has 1 saturated carbocycles. The third-order valence-corrected chi connectivity index (χ3v) is 3.87. The van der Waals surface area contributed by atoms with E-state index in [0.29, 0.717) is 12.5 Å². The van der Waals surface area contributed by atoms with Crippen molar-refractivity contribution in [2.75, 3.05) is 0 Å². The first-order valence-electron chi connectivity index (χ1n) is 6.48. The number of hydrogen-bond acceptors (Lipinski definition) is 2. The van der Waals surface area contributed by atoms with Gasteiger partial charge in [-0.3, -0.25) is 4.79 Å². The van der Waals surface area contributed by atoms with Gasteiger partial charge in [-0.2, -0.15) is 0 Å². The Labute approximate surface area is 122 Å². The van der Waals surface area contributed by atoms with Crippen LogP contribution in [0, 0.1) is 12.3 Å². The molecule has 4 heteroatoms. The van der Waals surface area contributed by atoms with E-state index >= 15 is 0 Å². The number of benzene rings is 1. The number of aliphatic carboxylic acids is 1. The number of ether oxygens (including phenoxy) is 1. The van der Waals surface area contributed by atoms with Crippen molar-refractivity contribution in [1.29, 1.82) is 0 Å². The number of rotatable bonds is 5. The molecule has 0 amide bonds. The lowest BCUT2D eigenvalue weighted by Gasteiger charge is -2.22. The monoisotopic (exact) mass is 326 g/mol. The normalized spacial score (nSPS) is 15.4. The summed E-state index contributed by atoms with van der Waals surface area (Å²) in [6.45, 7) is 5.49. The molecule has 0 spiro atoms. The predicted octanol–water partition coefficient (Wildman–Crippen LogP) is 3.95. The second-order valence-corrected chi connectivity index (χ2v) is 6.77. The topological polar surface area (TPSA) is 46.5 Å². The summed E-state index contributed by atoms with van der Waals surface area (Å²) in [6, 6.07) is 4.03. The fraction of sp³-hybridized carbons (Fsp3) is 0.533. The van der Waals surface area contributed by atoms with E-state index in [1.165, 1.54) is 0 Å². The van der Waals surface area contributed by atoms with Crippen molar-refractivity contribution in [1.82, 2.24) is 0 Å². The van der Waals surface area contributed by atoms with E-state index in [9.17, 15) is 9.90 Å². The minimum Gasteiger partial charge on any atom is -0.489 e. The summed E-state index contributed by atoms with van der Waals surface area (Å²) in [4.78, 5) is 11.3.